The van der Waals surface area contributed by atoms with Crippen LogP contribution < -0.4 is 5.32 Å². The summed E-state index contributed by atoms with van der Waals surface area (Å²) in [7, 11) is 2.62. The number of aryl methyl sites for hydroxylation is 1. The number of aromatic nitrogens is 3. The lowest BCUT2D eigenvalue weighted by molar-refractivity contribution is 0.0587. The standard InChI is InChI=1S/C20H22N4O5S/c1-5-6-12-15(19(27)29-4)10(2)22-16(12)17(25)24-20-23-14(9-30-20)11-7-13(21-8-11)18(26)28-3/h7-9,21-22H,5-6H2,1-4H3,(H,23,24,25). The molecule has 0 saturated carbocycles. The highest BCUT2D eigenvalue weighted by molar-refractivity contribution is 7.14. The number of nitrogens with zero attached hydrogens (tertiary/aromatic N) is 1. The quantitative estimate of drug-likeness (QED) is 0.492. The zero-order valence-electron chi connectivity index (χ0n) is 17.0. The first-order valence-electron chi connectivity index (χ1n) is 9.23. The minimum Gasteiger partial charge on any atom is -0.465 e. The molecular formula is C20H22N4O5S. The van der Waals surface area contributed by atoms with Crippen molar-refractivity contribution in [2.45, 2.75) is 26.7 Å². The summed E-state index contributed by atoms with van der Waals surface area (Å²) in [6, 6.07) is 1.63. The molecular weight excluding hydrogens is 408 g/mol. The molecule has 1 amide bonds. The Morgan fingerprint density at radius 2 is 1.93 bits per heavy atom. The lowest BCUT2D eigenvalue weighted by Gasteiger charge is -2.05. The molecule has 158 valence electrons. The fourth-order valence-electron chi connectivity index (χ4n) is 3.14. The molecule has 3 aromatic rings. The van der Waals surface area contributed by atoms with Crippen LogP contribution in [0.5, 0.6) is 0 Å². The number of aromatic amines is 2. The number of rotatable bonds is 7. The van der Waals surface area contributed by atoms with Crippen molar-refractivity contribution in [3.05, 3.63) is 45.9 Å². The average Bonchev–Trinajstić information content (AvgIpc) is 3.46. The zero-order chi connectivity index (χ0) is 21.8. The van der Waals surface area contributed by atoms with E-state index in [2.05, 4.69) is 25.0 Å². The number of hydrogen-bond acceptors (Lipinski definition) is 7. The maximum Gasteiger partial charge on any atom is 0.354 e. The molecule has 0 saturated heterocycles. The lowest BCUT2D eigenvalue weighted by Crippen LogP contribution is -2.15. The van der Waals surface area contributed by atoms with Crippen LogP contribution in [0.1, 0.15) is 55.9 Å². The van der Waals surface area contributed by atoms with Crippen molar-refractivity contribution >= 4 is 34.3 Å². The average molecular weight is 430 g/mol. The Balaban J connectivity index is 1.83. The van der Waals surface area contributed by atoms with Gasteiger partial charge in [0.25, 0.3) is 5.91 Å². The van der Waals surface area contributed by atoms with Gasteiger partial charge in [-0.05, 0) is 25.0 Å². The van der Waals surface area contributed by atoms with E-state index in [1.165, 1.54) is 25.6 Å². The third-order valence-electron chi connectivity index (χ3n) is 4.52. The van der Waals surface area contributed by atoms with Crippen molar-refractivity contribution < 1.29 is 23.9 Å². The summed E-state index contributed by atoms with van der Waals surface area (Å²) in [6.45, 7) is 3.70. The second-order valence-electron chi connectivity index (χ2n) is 6.51. The van der Waals surface area contributed by atoms with E-state index in [0.29, 0.717) is 51.0 Å². The number of hydrogen-bond donors (Lipinski definition) is 3. The smallest absolute Gasteiger partial charge is 0.354 e. The van der Waals surface area contributed by atoms with E-state index in [1.807, 2.05) is 6.92 Å². The molecule has 3 rings (SSSR count). The molecule has 3 N–H and O–H groups in total. The first kappa shape index (κ1) is 21.3. The second-order valence-corrected chi connectivity index (χ2v) is 7.36. The summed E-state index contributed by atoms with van der Waals surface area (Å²) in [4.78, 5) is 46.8. The Hall–Kier alpha value is -3.40. The summed E-state index contributed by atoms with van der Waals surface area (Å²) in [6.07, 6.45) is 2.96. The molecule has 0 aliphatic rings. The van der Waals surface area contributed by atoms with Gasteiger partial charge >= 0.3 is 11.9 Å². The summed E-state index contributed by atoms with van der Waals surface area (Å²) in [5.41, 5.74) is 3.54. The lowest BCUT2D eigenvalue weighted by atomic mass is 10.0. The van der Waals surface area contributed by atoms with Gasteiger partial charge in [-0.15, -0.1) is 11.3 Å². The predicted octanol–water partition coefficient (Wildman–Crippen LogP) is 3.55. The van der Waals surface area contributed by atoms with Crippen molar-refractivity contribution in [2.24, 2.45) is 0 Å². The van der Waals surface area contributed by atoms with Crippen molar-refractivity contribution in [3.8, 4) is 11.3 Å². The number of methoxy groups -OCH3 is 2. The van der Waals surface area contributed by atoms with E-state index in [-0.39, 0.29) is 5.91 Å². The van der Waals surface area contributed by atoms with Crippen LogP contribution in [0.15, 0.2) is 17.6 Å². The van der Waals surface area contributed by atoms with Crippen LogP contribution in [0, 0.1) is 6.92 Å². The SMILES string of the molecule is CCCc1c(C(=O)Nc2nc(-c3c[nH]c(C(=O)OC)c3)cs2)[nH]c(C)c1C(=O)OC. The van der Waals surface area contributed by atoms with Crippen LogP contribution in [0.3, 0.4) is 0 Å². The Kier molecular flexibility index (Phi) is 6.36. The van der Waals surface area contributed by atoms with E-state index < -0.39 is 11.9 Å². The first-order chi connectivity index (χ1) is 14.4. The molecule has 0 radical (unpaired) electrons. The van der Waals surface area contributed by atoms with E-state index in [1.54, 1.807) is 24.6 Å². The van der Waals surface area contributed by atoms with Gasteiger partial charge in [0.15, 0.2) is 5.13 Å². The monoisotopic (exact) mass is 430 g/mol. The van der Waals surface area contributed by atoms with Crippen molar-refractivity contribution in [1.82, 2.24) is 15.0 Å². The van der Waals surface area contributed by atoms with Crippen molar-refractivity contribution in [2.75, 3.05) is 19.5 Å². The van der Waals surface area contributed by atoms with Crippen LogP contribution in [0.4, 0.5) is 5.13 Å². The summed E-state index contributed by atoms with van der Waals surface area (Å²) >= 11 is 1.25. The molecule has 0 bridgehead atoms. The molecule has 0 atom stereocenters. The molecule has 3 heterocycles. The molecule has 9 nitrogen and oxygen atoms in total. The third-order valence-corrected chi connectivity index (χ3v) is 5.27. The number of anilines is 1. The molecule has 0 aromatic carbocycles. The molecule has 0 unspecified atom stereocenters. The van der Waals surface area contributed by atoms with Crippen LogP contribution in [-0.4, -0.2) is 47.0 Å². The Bertz CT molecular complexity index is 1090. The number of ether oxygens (including phenoxy) is 2. The summed E-state index contributed by atoms with van der Waals surface area (Å²) in [5.74, 6) is -1.34. The maximum atomic E-state index is 12.9. The Labute approximate surface area is 176 Å². The van der Waals surface area contributed by atoms with Crippen LogP contribution in [-0.2, 0) is 15.9 Å². The van der Waals surface area contributed by atoms with Crippen molar-refractivity contribution in [3.63, 3.8) is 0 Å². The molecule has 3 aromatic heterocycles. The molecule has 0 spiro atoms. The minimum absolute atomic E-state index is 0.312. The van der Waals surface area contributed by atoms with Crippen molar-refractivity contribution in [1.29, 1.82) is 0 Å². The van der Waals surface area contributed by atoms with Crippen LogP contribution >= 0.6 is 11.3 Å². The largest absolute Gasteiger partial charge is 0.465 e. The van der Waals surface area contributed by atoms with Gasteiger partial charge < -0.3 is 19.4 Å². The fraction of sp³-hybridized carbons (Fsp3) is 0.300. The molecule has 0 aliphatic carbocycles. The van der Waals surface area contributed by atoms with Gasteiger partial charge in [0, 0.05) is 22.8 Å². The van der Waals surface area contributed by atoms with Gasteiger partial charge in [0.1, 0.15) is 11.4 Å². The van der Waals surface area contributed by atoms with Gasteiger partial charge in [-0.2, -0.15) is 0 Å². The van der Waals surface area contributed by atoms with Gasteiger partial charge in [0.2, 0.25) is 0 Å². The third kappa shape index (κ3) is 4.13. The van der Waals surface area contributed by atoms with E-state index in [0.717, 1.165) is 6.42 Å². The predicted molar refractivity (Wildman–Crippen MR) is 112 cm³/mol. The molecule has 30 heavy (non-hydrogen) atoms. The van der Waals surface area contributed by atoms with Gasteiger partial charge in [-0.25, -0.2) is 14.6 Å². The van der Waals surface area contributed by atoms with Gasteiger partial charge in [-0.3, -0.25) is 10.1 Å². The van der Waals surface area contributed by atoms with E-state index in [9.17, 15) is 14.4 Å². The van der Waals surface area contributed by atoms with Crippen LogP contribution in [0.25, 0.3) is 11.3 Å². The Morgan fingerprint density at radius 3 is 2.60 bits per heavy atom. The number of H-pyrrole nitrogens is 2. The zero-order valence-corrected chi connectivity index (χ0v) is 17.9. The molecule has 0 fully saturated rings. The van der Waals surface area contributed by atoms with Gasteiger partial charge in [0.05, 0.1) is 25.5 Å². The number of carbonyl (C=O) groups is 3. The summed E-state index contributed by atoms with van der Waals surface area (Å²) < 4.78 is 9.54. The number of carbonyl (C=O) groups excluding carboxylic acids is 3. The molecule has 10 heteroatoms. The Morgan fingerprint density at radius 1 is 1.20 bits per heavy atom. The highest BCUT2D eigenvalue weighted by atomic mass is 32.1. The maximum absolute atomic E-state index is 12.9. The van der Waals surface area contributed by atoms with E-state index >= 15 is 0 Å². The summed E-state index contributed by atoms with van der Waals surface area (Å²) in [5, 5.41) is 4.93. The van der Waals surface area contributed by atoms with Gasteiger partial charge in [-0.1, -0.05) is 13.3 Å². The molecule has 0 aliphatic heterocycles. The second kappa shape index (κ2) is 8.95. The fourth-order valence-corrected chi connectivity index (χ4v) is 3.86. The number of esters is 2. The highest BCUT2D eigenvalue weighted by Gasteiger charge is 2.25. The highest BCUT2D eigenvalue weighted by Crippen LogP contribution is 2.27. The van der Waals surface area contributed by atoms with E-state index in [4.69, 9.17) is 4.74 Å². The normalized spacial score (nSPS) is 10.7. The number of nitrogens with one attached hydrogen (secondary N) is 3. The first-order valence-corrected chi connectivity index (χ1v) is 10.1. The number of thiazole rings is 1. The van der Waals surface area contributed by atoms with Crippen LogP contribution in [0.2, 0.25) is 0 Å². The minimum atomic E-state index is -0.475. The number of amides is 1. The topological polar surface area (TPSA) is 126 Å².